The van der Waals surface area contributed by atoms with E-state index < -0.39 is 5.82 Å². The lowest BCUT2D eigenvalue weighted by atomic mass is 10.1. The quantitative estimate of drug-likeness (QED) is 0.748. The van der Waals surface area contributed by atoms with Crippen molar-refractivity contribution >= 4 is 5.69 Å². The van der Waals surface area contributed by atoms with Gasteiger partial charge in [-0.1, -0.05) is 18.1 Å². The van der Waals surface area contributed by atoms with Crippen LogP contribution in [0.3, 0.4) is 0 Å². The smallest absolute Gasteiger partial charge is 0.260 e. The van der Waals surface area contributed by atoms with Crippen LogP contribution >= 0.6 is 0 Å². The number of nitrogen functional groups attached to an aromatic ring is 1. The van der Waals surface area contributed by atoms with Gasteiger partial charge in [0.1, 0.15) is 11.5 Å². The summed E-state index contributed by atoms with van der Waals surface area (Å²) < 4.78 is 18.3. The van der Waals surface area contributed by atoms with Crippen molar-refractivity contribution in [2.24, 2.45) is 0 Å². The average molecular weight is 284 g/mol. The monoisotopic (exact) mass is 284 g/mol. The normalized spacial score (nSPS) is 10.8. The molecule has 0 spiro atoms. The van der Waals surface area contributed by atoms with Crippen LogP contribution in [-0.2, 0) is 6.42 Å². The van der Waals surface area contributed by atoms with E-state index in [1.807, 2.05) is 19.1 Å². The molecule has 0 aliphatic rings. The standard InChI is InChI=1S/C15H13FN4O/c1-2-9-4-3-7-18-13(9)14-19-15(21-20-14)11-6-5-10(16)8-12(11)17/h3-8H,2,17H2,1H3. The summed E-state index contributed by atoms with van der Waals surface area (Å²) in [6, 6.07) is 7.86. The highest BCUT2D eigenvalue weighted by Crippen LogP contribution is 2.27. The summed E-state index contributed by atoms with van der Waals surface area (Å²) in [6.45, 7) is 2.03. The Kier molecular flexibility index (Phi) is 3.35. The summed E-state index contributed by atoms with van der Waals surface area (Å²) in [5.41, 5.74) is 8.23. The topological polar surface area (TPSA) is 77.8 Å². The fourth-order valence-corrected chi connectivity index (χ4v) is 2.08. The number of nitrogens with zero attached hydrogens (tertiary/aromatic N) is 3. The van der Waals surface area contributed by atoms with Gasteiger partial charge < -0.3 is 10.3 Å². The van der Waals surface area contributed by atoms with Crippen molar-refractivity contribution in [3.63, 3.8) is 0 Å². The Balaban J connectivity index is 2.04. The molecule has 0 aliphatic heterocycles. The van der Waals surface area contributed by atoms with Crippen LogP contribution in [0.15, 0.2) is 41.1 Å². The second kappa shape index (κ2) is 5.32. The molecule has 0 radical (unpaired) electrons. The fraction of sp³-hybridized carbons (Fsp3) is 0.133. The Morgan fingerprint density at radius 2 is 2.14 bits per heavy atom. The van der Waals surface area contributed by atoms with Crippen molar-refractivity contribution in [3.05, 3.63) is 47.9 Å². The number of hydrogen-bond acceptors (Lipinski definition) is 5. The summed E-state index contributed by atoms with van der Waals surface area (Å²) in [6.07, 6.45) is 2.49. The highest BCUT2D eigenvalue weighted by atomic mass is 19.1. The molecule has 3 rings (SSSR count). The van der Waals surface area contributed by atoms with Gasteiger partial charge in [-0.25, -0.2) is 4.39 Å². The maximum Gasteiger partial charge on any atom is 0.260 e. The van der Waals surface area contributed by atoms with Crippen LogP contribution < -0.4 is 5.73 Å². The molecule has 6 heteroatoms. The largest absolute Gasteiger partial charge is 0.398 e. The molecule has 5 nitrogen and oxygen atoms in total. The third kappa shape index (κ3) is 2.47. The molecule has 106 valence electrons. The van der Waals surface area contributed by atoms with E-state index in [1.54, 1.807) is 6.20 Å². The van der Waals surface area contributed by atoms with Gasteiger partial charge in [-0.15, -0.1) is 0 Å². The molecule has 0 saturated carbocycles. The Bertz CT molecular complexity index is 785. The molecule has 0 atom stereocenters. The van der Waals surface area contributed by atoms with Crippen LogP contribution in [0.1, 0.15) is 12.5 Å². The molecule has 2 N–H and O–H groups in total. The number of anilines is 1. The number of aryl methyl sites for hydroxylation is 1. The lowest BCUT2D eigenvalue weighted by molar-refractivity contribution is 0.432. The molecule has 2 heterocycles. The van der Waals surface area contributed by atoms with Crippen molar-refractivity contribution in [2.45, 2.75) is 13.3 Å². The summed E-state index contributed by atoms with van der Waals surface area (Å²) in [4.78, 5) is 8.59. The van der Waals surface area contributed by atoms with Crippen molar-refractivity contribution in [1.82, 2.24) is 15.1 Å². The number of benzene rings is 1. The van der Waals surface area contributed by atoms with Gasteiger partial charge in [0, 0.05) is 11.9 Å². The SMILES string of the molecule is CCc1cccnc1-c1noc(-c2ccc(F)cc2N)n1. The van der Waals surface area contributed by atoms with Gasteiger partial charge in [0.2, 0.25) is 5.82 Å². The molecule has 0 aliphatic carbocycles. The highest BCUT2D eigenvalue weighted by Gasteiger charge is 2.16. The molecular weight excluding hydrogens is 271 g/mol. The van der Waals surface area contributed by atoms with E-state index in [1.165, 1.54) is 18.2 Å². The first kappa shape index (κ1) is 13.2. The number of halogens is 1. The Labute approximate surface area is 120 Å². The number of pyridine rings is 1. The Morgan fingerprint density at radius 3 is 2.90 bits per heavy atom. The second-order valence-electron chi connectivity index (χ2n) is 4.52. The lowest BCUT2D eigenvalue weighted by Gasteiger charge is -2.01. The summed E-state index contributed by atoms with van der Waals surface area (Å²) in [7, 11) is 0. The number of hydrogen-bond donors (Lipinski definition) is 1. The van der Waals surface area contributed by atoms with Crippen molar-refractivity contribution < 1.29 is 8.91 Å². The molecule has 2 aromatic heterocycles. The third-order valence-electron chi connectivity index (χ3n) is 3.15. The van der Waals surface area contributed by atoms with Crippen LogP contribution in [-0.4, -0.2) is 15.1 Å². The molecule has 0 bridgehead atoms. The van der Waals surface area contributed by atoms with Crippen LogP contribution in [0, 0.1) is 5.82 Å². The summed E-state index contributed by atoms with van der Waals surface area (Å²) >= 11 is 0. The molecule has 0 unspecified atom stereocenters. The minimum atomic E-state index is -0.408. The van der Waals surface area contributed by atoms with Gasteiger partial charge in [-0.3, -0.25) is 4.98 Å². The van der Waals surface area contributed by atoms with E-state index in [0.29, 0.717) is 17.1 Å². The first-order chi connectivity index (χ1) is 10.2. The zero-order valence-electron chi connectivity index (χ0n) is 11.4. The minimum absolute atomic E-state index is 0.246. The van der Waals surface area contributed by atoms with E-state index in [2.05, 4.69) is 15.1 Å². The predicted molar refractivity (Wildman–Crippen MR) is 76.7 cm³/mol. The van der Waals surface area contributed by atoms with Gasteiger partial charge in [0.25, 0.3) is 5.89 Å². The van der Waals surface area contributed by atoms with E-state index in [0.717, 1.165) is 12.0 Å². The Morgan fingerprint density at radius 1 is 1.29 bits per heavy atom. The molecular formula is C15H13FN4O. The van der Waals surface area contributed by atoms with Crippen LogP contribution in [0.4, 0.5) is 10.1 Å². The first-order valence-corrected chi connectivity index (χ1v) is 6.52. The van der Waals surface area contributed by atoms with Crippen LogP contribution in [0.5, 0.6) is 0 Å². The number of rotatable bonds is 3. The lowest BCUT2D eigenvalue weighted by Crippen LogP contribution is -1.93. The van der Waals surface area contributed by atoms with Crippen LogP contribution in [0.25, 0.3) is 23.0 Å². The van der Waals surface area contributed by atoms with Crippen LogP contribution in [0.2, 0.25) is 0 Å². The molecule has 0 saturated heterocycles. The zero-order valence-corrected chi connectivity index (χ0v) is 11.4. The highest BCUT2D eigenvalue weighted by molar-refractivity contribution is 5.71. The summed E-state index contributed by atoms with van der Waals surface area (Å²) in [5, 5.41) is 3.94. The zero-order chi connectivity index (χ0) is 14.8. The van der Waals surface area contributed by atoms with Gasteiger partial charge in [0.05, 0.1) is 5.56 Å². The molecule has 0 amide bonds. The maximum atomic E-state index is 13.1. The third-order valence-corrected chi connectivity index (χ3v) is 3.15. The number of nitrogens with two attached hydrogens (primary N) is 1. The molecule has 3 aromatic rings. The number of aromatic nitrogens is 3. The summed E-state index contributed by atoms with van der Waals surface area (Å²) in [5.74, 6) is 0.232. The van der Waals surface area contributed by atoms with Gasteiger partial charge in [-0.05, 0) is 36.2 Å². The van der Waals surface area contributed by atoms with Crippen molar-refractivity contribution in [2.75, 3.05) is 5.73 Å². The minimum Gasteiger partial charge on any atom is -0.398 e. The average Bonchev–Trinajstić information content (AvgIpc) is 2.96. The van der Waals surface area contributed by atoms with Crippen molar-refractivity contribution in [3.8, 4) is 23.0 Å². The van der Waals surface area contributed by atoms with Gasteiger partial charge in [0.15, 0.2) is 0 Å². The van der Waals surface area contributed by atoms with Crippen molar-refractivity contribution in [1.29, 1.82) is 0 Å². The van der Waals surface area contributed by atoms with Gasteiger partial charge in [-0.2, -0.15) is 4.98 Å². The maximum absolute atomic E-state index is 13.1. The first-order valence-electron chi connectivity index (χ1n) is 6.52. The fourth-order valence-electron chi connectivity index (χ4n) is 2.08. The van der Waals surface area contributed by atoms with E-state index in [9.17, 15) is 4.39 Å². The molecule has 21 heavy (non-hydrogen) atoms. The van der Waals surface area contributed by atoms with E-state index in [-0.39, 0.29) is 11.6 Å². The molecule has 0 fully saturated rings. The predicted octanol–water partition coefficient (Wildman–Crippen LogP) is 3.08. The molecule has 1 aromatic carbocycles. The van der Waals surface area contributed by atoms with Gasteiger partial charge >= 0.3 is 0 Å². The van der Waals surface area contributed by atoms with E-state index in [4.69, 9.17) is 10.3 Å². The Hall–Kier alpha value is -2.76. The van der Waals surface area contributed by atoms with E-state index >= 15 is 0 Å². The second-order valence-corrected chi connectivity index (χ2v) is 4.52.